The van der Waals surface area contributed by atoms with Gasteiger partial charge in [-0.1, -0.05) is 18.6 Å². The second-order valence-electron chi connectivity index (χ2n) is 7.48. The van der Waals surface area contributed by atoms with E-state index < -0.39 is 18.0 Å². The lowest BCUT2D eigenvalue weighted by molar-refractivity contribution is -0.130. The van der Waals surface area contributed by atoms with Crippen LogP contribution in [0.3, 0.4) is 0 Å². The highest BCUT2D eigenvalue weighted by Gasteiger charge is 2.39. The van der Waals surface area contributed by atoms with Crippen LogP contribution in [0.15, 0.2) is 24.3 Å². The van der Waals surface area contributed by atoms with Crippen molar-refractivity contribution in [1.29, 1.82) is 0 Å². The molecule has 9 heteroatoms. The summed E-state index contributed by atoms with van der Waals surface area (Å²) in [6.07, 6.45) is 5.31. The molecule has 1 atom stereocenters. The average Bonchev–Trinajstić information content (AvgIpc) is 3.13. The number of rotatable bonds is 6. The van der Waals surface area contributed by atoms with Crippen molar-refractivity contribution in [2.45, 2.75) is 51.1 Å². The summed E-state index contributed by atoms with van der Waals surface area (Å²) in [7, 11) is 1.57. The number of thiazole rings is 1. The predicted octanol–water partition coefficient (Wildman–Crippen LogP) is 2.87. The second kappa shape index (κ2) is 8.83. The molecule has 1 aliphatic carbocycles. The number of carbonyl (C=O) groups excluding carboxylic acids is 3. The first kappa shape index (κ1) is 20.3. The number of benzene rings is 1. The van der Waals surface area contributed by atoms with Crippen molar-refractivity contribution in [1.82, 2.24) is 15.2 Å². The molecule has 2 aromatic rings. The summed E-state index contributed by atoms with van der Waals surface area (Å²) in [5.41, 5.74) is 1.87. The Bertz CT molecular complexity index is 933. The first-order valence-electron chi connectivity index (χ1n) is 10.1. The minimum Gasteiger partial charge on any atom is -0.497 e. The van der Waals surface area contributed by atoms with E-state index in [1.807, 2.05) is 0 Å². The van der Waals surface area contributed by atoms with Crippen molar-refractivity contribution in [2.24, 2.45) is 0 Å². The molecule has 0 radical (unpaired) electrons. The Hall–Kier alpha value is -2.94. The smallest absolute Gasteiger partial charge is 0.325 e. The summed E-state index contributed by atoms with van der Waals surface area (Å²) < 4.78 is 5.12. The first-order valence-corrected chi connectivity index (χ1v) is 10.9. The molecule has 4 amide bonds. The van der Waals surface area contributed by atoms with Crippen molar-refractivity contribution in [3.8, 4) is 5.75 Å². The molecule has 2 N–H and O–H groups in total. The molecule has 158 valence electrons. The number of amides is 4. The monoisotopic (exact) mass is 428 g/mol. The van der Waals surface area contributed by atoms with Crippen LogP contribution in [0.2, 0.25) is 0 Å². The van der Waals surface area contributed by atoms with Gasteiger partial charge in [0.05, 0.1) is 25.8 Å². The fraction of sp³-hybridized carbons (Fsp3) is 0.429. The van der Waals surface area contributed by atoms with Gasteiger partial charge in [-0.25, -0.2) is 9.78 Å². The molecule has 2 heterocycles. The highest BCUT2D eigenvalue weighted by Crippen LogP contribution is 2.29. The van der Waals surface area contributed by atoms with Crippen LogP contribution in [0.4, 0.5) is 9.93 Å². The minimum absolute atomic E-state index is 0.117. The van der Waals surface area contributed by atoms with Gasteiger partial charge in [0.2, 0.25) is 5.91 Å². The molecular weight excluding hydrogens is 404 g/mol. The van der Waals surface area contributed by atoms with E-state index in [-0.39, 0.29) is 18.9 Å². The maximum absolute atomic E-state index is 12.7. The molecule has 30 heavy (non-hydrogen) atoms. The van der Waals surface area contributed by atoms with Gasteiger partial charge >= 0.3 is 6.03 Å². The number of hydrogen-bond donors (Lipinski definition) is 2. The number of aryl methyl sites for hydroxylation is 2. The summed E-state index contributed by atoms with van der Waals surface area (Å²) >= 11 is 1.51. The molecule has 0 unspecified atom stereocenters. The Labute approximate surface area is 178 Å². The van der Waals surface area contributed by atoms with E-state index in [0.717, 1.165) is 41.8 Å². The third-order valence-electron chi connectivity index (χ3n) is 5.34. The molecule has 1 aromatic heterocycles. The third-order valence-corrected chi connectivity index (χ3v) is 6.41. The van der Waals surface area contributed by atoms with E-state index >= 15 is 0 Å². The molecule has 0 saturated carbocycles. The maximum Gasteiger partial charge on any atom is 0.325 e. The lowest BCUT2D eigenvalue weighted by Gasteiger charge is -2.13. The standard InChI is InChI=1S/C21H24N4O4S/c1-29-14-9-7-13(8-10-14)12-25-19(27)16(23-21(25)28)11-18(26)24-20-22-15-5-3-2-4-6-17(15)30-20/h7-10,16H,2-6,11-12H2,1H3,(H,23,28)(H,22,24,26)/t16-/m1/s1. The number of ether oxygens (including phenoxy) is 1. The second-order valence-corrected chi connectivity index (χ2v) is 8.56. The lowest BCUT2D eigenvalue weighted by atomic mass is 10.1. The highest BCUT2D eigenvalue weighted by atomic mass is 32.1. The molecule has 1 saturated heterocycles. The van der Waals surface area contributed by atoms with Gasteiger partial charge in [0, 0.05) is 4.88 Å². The minimum atomic E-state index is -0.867. The van der Waals surface area contributed by atoms with Crippen molar-refractivity contribution in [3.05, 3.63) is 40.4 Å². The van der Waals surface area contributed by atoms with Gasteiger partial charge in [-0.3, -0.25) is 14.5 Å². The number of urea groups is 1. The Balaban J connectivity index is 1.34. The number of fused-ring (bicyclic) bond motifs is 1. The summed E-state index contributed by atoms with van der Waals surface area (Å²) in [6, 6.07) is 5.78. The fourth-order valence-corrected chi connectivity index (χ4v) is 4.78. The molecule has 1 aromatic carbocycles. The Kier molecular flexibility index (Phi) is 5.98. The van der Waals surface area contributed by atoms with Gasteiger partial charge in [0.15, 0.2) is 5.13 Å². The van der Waals surface area contributed by atoms with E-state index in [9.17, 15) is 14.4 Å². The zero-order chi connectivity index (χ0) is 21.1. The Morgan fingerprint density at radius 3 is 2.77 bits per heavy atom. The van der Waals surface area contributed by atoms with Crippen LogP contribution in [0.25, 0.3) is 0 Å². The van der Waals surface area contributed by atoms with E-state index in [0.29, 0.717) is 10.9 Å². The van der Waals surface area contributed by atoms with Gasteiger partial charge in [-0.05, 0) is 43.4 Å². The zero-order valence-electron chi connectivity index (χ0n) is 16.8. The molecule has 1 fully saturated rings. The number of methoxy groups -OCH3 is 1. The van der Waals surface area contributed by atoms with Gasteiger partial charge in [0.1, 0.15) is 11.8 Å². The average molecular weight is 429 g/mol. The SMILES string of the molecule is COc1ccc(CN2C(=O)N[C@H](CC(=O)Nc3nc4c(s3)CCCCC4)C2=O)cc1. The summed E-state index contributed by atoms with van der Waals surface area (Å²) in [6.45, 7) is 0.145. The van der Waals surface area contributed by atoms with Crippen molar-refractivity contribution in [3.63, 3.8) is 0 Å². The maximum atomic E-state index is 12.7. The summed E-state index contributed by atoms with van der Waals surface area (Å²) in [5.74, 6) is -0.0327. The normalized spacial score (nSPS) is 18.6. The molecule has 8 nitrogen and oxygen atoms in total. The van der Waals surface area contributed by atoms with Crippen LogP contribution in [0.5, 0.6) is 5.75 Å². The van der Waals surface area contributed by atoms with Gasteiger partial charge < -0.3 is 15.4 Å². The lowest BCUT2D eigenvalue weighted by Crippen LogP contribution is -2.34. The largest absolute Gasteiger partial charge is 0.497 e. The highest BCUT2D eigenvalue weighted by molar-refractivity contribution is 7.15. The van der Waals surface area contributed by atoms with E-state index in [1.54, 1.807) is 31.4 Å². The molecule has 1 aliphatic heterocycles. The molecule has 0 spiro atoms. The molecular formula is C21H24N4O4S. The van der Waals surface area contributed by atoms with E-state index in [4.69, 9.17) is 4.74 Å². The first-order chi connectivity index (χ1) is 14.5. The summed E-state index contributed by atoms with van der Waals surface area (Å²) in [5, 5.41) is 5.97. The number of nitrogens with one attached hydrogen (secondary N) is 2. The molecule has 2 aliphatic rings. The predicted molar refractivity (Wildman–Crippen MR) is 112 cm³/mol. The Morgan fingerprint density at radius 1 is 1.23 bits per heavy atom. The van der Waals surface area contributed by atoms with Gasteiger partial charge in [-0.15, -0.1) is 11.3 Å². The number of carbonyl (C=O) groups is 3. The van der Waals surface area contributed by atoms with Crippen LogP contribution in [-0.2, 0) is 29.0 Å². The molecule has 0 bridgehead atoms. The number of anilines is 1. The quantitative estimate of drug-likeness (QED) is 0.544. The van der Waals surface area contributed by atoms with Gasteiger partial charge in [0.25, 0.3) is 5.91 Å². The van der Waals surface area contributed by atoms with Crippen LogP contribution >= 0.6 is 11.3 Å². The summed E-state index contributed by atoms with van der Waals surface area (Å²) in [4.78, 5) is 44.3. The van der Waals surface area contributed by atoms with Crippen molar-refractivity contribution >= 4 is 34.3 Å². The number of imide groups is 1. The number of hydrogen-bond acceptors (Lipinski definition) is 6. The Morgan fingerprint density at radius 2 is 2.00 bits per heavy atom. The van der Waals surface area contributed by atoms with Crippen molar-refractivity contribution < 1.29 is 19.1 Å². The fourth-order valence-electron chi connectivity index (χ4n) is 3.72. The van der Waals surface area contributed by atoms with Crippen LogP contribution < -0.4 is 15.4 Å². The van der Waals surface area contributed by atoms with Gasteiger partial charge in [-0.2, -0.15) is 0 Å². The number of aromatic nitrogens is 1. The van der Waals surface area contributed by atoms with Crippen LogP contribution in [-0.4, -0.2) is 40.9 Å². The van der Waals surface area contributed by atoms with Crippen LogP contribution in [0.1, 0.15) is 41.8 Å². The van der Waals surface area contributed by atoms with E-state index in [1.165, 1.54) is 22.6 Å². The van der Waals surface area contributed by atoms with Crippen molar-refractivity contribution in [2.75, 3.05) is 12.4 Å². The number of nitrogens with zero attached hydrogens (tertiary/aromatic N) is 2. The third kappa shape index (κ3) is 4.46. The zero-order valence-corrected chi connectivity index (χ0v) is 17.6. The van der Waals surface area contributed by atoms with E-state index in [2.05, 4.69) is 15.6 Å². The topological polar surface area (TPSA) is 101 Å². The molecule has 4 rings (SSSR count). The van der Waals surface area contributed by atoms with Crippen LogP contribution in [0, 0.1) is 0 Å².